The molecule has 1 atom stereocenters. The molecule has 4 fully saturated rings. The number of carbonyl (C=O) groups is 1. The molecule has 7 heteroatoms. The monoisotopic (exact) mass is 398 g/mol. The van der Waals surface area contributed by atoms with E-state index >= 15 is 0 Å². The average molecular weight is 398 g/mol. The van der Waals surface area contributed by atoms with Gasteiger partial charge in [-0.3, -0.25) is 9.78 Å². The highest BCUT2D eigenvalue weighted by atomic mass is 19.1. The molecule has 3 N–H and O–H groups in total. The Bertz CT molecular complexity index is 969. The zero-order chi connectivity index (χ0) is 20.4. The van der Waals surface area contributed by atoms with E-state index in [1.165, 1.54) is 12.1 Å². The number of hydrogen-bond donors (Lipinski definition) is 2. The summed E-state index contributed by atoms with van der Waals surface area (Å²) in [6.45, 7) is 3.18. The number of nitrogens with zero attached hydrogens (tertiary/aromatic N) is 2. The van der Waals surface area contributed by atoms with Gasteiger partial charge in [-0.2, -0.15) is 0 Å². The van der Waals surface area contributed by atoms with Crippen molar-refractivity contribution in [1.82, 2.24) is 10.3 Å². The van der Waals surface area contributed by atoms with Crippen LogP contribution in [0.3, 0.4) is 0 Å². The molecule has 3 saturated carbocycles. The minimum absolute atomic E-state index is 0.0760. The van der Waals surface area contributed by atoms with Crippen LogP contribution in [0.2, 0.25) is 0 Å². The Morgan fingerprint density at radius 2 is 1.90 bits per heavy atom. The van der Waals surface area contributed by atoms with Gasteiger partial charge in [0.15, 0.2) is 0 Å². The first kappa shape index (κ1) is 18.5. The third-order valence-corrected chi connectivity index (χ3v) is 6.57. The number of benzene rings is 1. The van der Waals surface area contributed by atoms with Crippen molar-refractivity contribution in [2.45, 2.75) is 43.7 Å². The molecule has 1 aromatic heterocycles. The number of aromatic nitrogens is 1. The number of amides is 1. The largest absolute Gasteiger partial charge is 0.368 e. The molecule has 1 amide bonds. The van der Waals surface area contributed by atoms with Gasteiger partial charge < -0.3 is 16.0 Å². The maximum absolute atomic E-state index is 13.9. The lowest BCUT2D eigenvalue weighted by Crippen LogP contribution is -2.68. The third kappa shape index (κ3) is 3.17. The third-order valence-electron chi connectivity index (χ3n) is 6.57. The molecule has 4 aliphatic rings. The first-order valence-electron chi connectivity index (χ1n) is 10.0. The lowest BCUT2D eigenvalue weighted by Gasteiger charge is -2.61. The van der Waals surface area contributed by atoms with Crippen LogP contribution in [0.25, 0.3) is 11.1 Å². The van der Waals surface area contributed by atoms with E-state index in [1.54, 1.807) is 12.4 Å². The molecule has 1 aromatic carbocycles. The van der Waals surface area contributed by atoms with Crippen LogP contribution in [-0.2, 0) is 0 Å². The number of nitrogens with two attached hydrogens (primary N) is 1. The standard InChI is InChI=1S/C22H24F2N4O/c1-21(25)2-3-28(12-21)19-17(14-4-15(23)6-16(24)5-14)10-26-11-18(19)20(29)27-22-7-13(8-22)9-22/h4-6,10-11,13H,2-3,7-9,12,25H2,1H3,(H,27,29)/t13?,21-,22?/m0/s1. The van der Waals surface area contributed by atoms with E-state index in [4.69, 9.17) is 5.73 Å². The van der Waals surface area contributed by atoms with Crippen LogP contribution in [0.5, 0.6) is 0 Å². The summed E-state index contributed by atoms with van der Waals surface area (Å²) in [6, 6.07) is 3.37. The van der Waals surface area contributed by atoms with Crippen molar-refractivity contribution < 1.29 is 13.6 Å². The van der Waals surface area contributed by atoms with Crippen molar-refractivity contribution in [3.63, 3.8) is 0 Å². The van der Waals surface area contributed by atoms with E-state index in [0.29, 0.717) is 35.5 Å². The van der Waals surface area contributed by atoms with E-state index in [1.807, 2.05) is 11.8 Å². The van der Waals surface area contributed by atoms with Crippen molar-refractivity contribution in [2.24, 2.45) is 11.7 Å². The number of nitrogens with one attached hydrogen (secondary N) is 1. The van der Waals surface area contributed by atoms with Crippen LogP contribution in [-0.4, -0.2) is 35.1 Å². The van der Waals surface area contributed by atoms with Gasteiger partial charge in [-0.1, -0.05) is 0 Å². The predicted molar refractivity (Wildman–Crippen MR) is 107 cm³/mol. The fourth-order valence-corrected chi connectivity index (χ4v) is 5.00. The lowest BCUT2D eigenvalue weighted by atomic mass is 9.50. The molecular weight excluding hydrogens is 374 g/mol. The molecule has 152 valence electrons. The molecule has 0 spiro atoms. The summed E-state index contributed by atoms with van der Waals surface area (Å²) in [6.07, 6.45) is 6.95. The maximum Gasteiger partial charge on any atom is 0.255 e. The zero-order valence-electron chi connectivity index (χ0n) is 16.3. The topological polar surface area (TPSA) is 71.2 Å². The van der Waals surface area contributed by atoms with Gasteiger partial charge in [0.25, 0.3) is 5.91 Å². The van der Waals surface area contributed by atoms with Gasteiger partial charge in [0, 0.05) is 48.2 Å². The average Bonchev–Trinajstić information content (AvgIpc) is 2.95. The summed E-state index contributed by atoms with van der Waals surface area (Å²) in [5.74, 6) is -0.777. The second-order valence-corrected chi connectivity index (χ2v) is 9.28. The molecule has 6 rings (SSSR count). The Hall–Kier alpha value is -2.54. The minimum atomic E-state index is -0.667. The Morgan fingerprint density at radius 1 is 1.21 bits per heavy atom. The minimum Gasteiger partial charge on any atom is -0.368 e. The highest BCUT2D eigenvalue weighted by molar-refractivity contribution is 6.03. The Labute approximate surface area is 168 Å². The van der Waals surface area contributed by atoms with Gasteiger partial charge in [0.2, 0.25) is 0 Å². The molecule has 3 aliphatic carbocycles. The van der Waals surface area contributed by atoms with Gasteiger partial charge in [-0.25, -0.2) is 8.78 Å². The summed E-state index contributed by atoms with van der Waals surface area (Å²) >= 11 is 0. The number of hydrogen-bond acceptors (Lipinski definition) is 4. The van der Waals surface area contributed by atoms with E-state index in [9.17, 15) is 13.6 Å². The van der Waals surface area contributed by atoms with E-state index in [-0.39, 0.29) is 11.4 Å². The Kier molecular flexibility index (Phi) is 3.97. The number of carbonyl (C=O) groups excluding carboxylic acids is 1. The number of rotatable bonds is 4. The number of pyridine rings is 1. The lowest BCUT2D eigenvalue weighted by molar-refractivity contribution is -0.0438. The number of anilines is 1. The quantitative estimate of drug-likeness (QED) is 0.830. The second kappa shape index (κ2) is 6.23. The smallest absolute Gasteiger partial charge is 0.255 e. The van der Waals surface area contributed by atoms with Crippen molar-refractivity contribution in [2.75, 3.05) is 18.0 Å². The molecule has 0 radical (unpaired) electrons. The molecule has 1 aliphatic heterocycles. The predicted octanol–water partition coefficient (Wildman–Crippen LogP) is 3.24. The molecule has 2 heterocycles. The zero-order valence-corrected chi connectivity index (χ0v) is 16.3. The number of halogens is 2. The fraction of sp³-hybridized carbons (Fsp3) is 0.455. The van der Waals surface area contributed by atoms with Crippen LogP contribution < -0.4 is 16.0 Å². The molecule has 5 nitrogen and oxygen atoms in total. The maximum atomic E-state index is 13.9. The first-order chi connectivity index (χ1) is 13.7. The van der Waals surface area contributed by atoms with Gasteiger partial charge in [0.05, 0.1) is 11.3 Å². The van der Waals surface area contributed by atoms with Crippen molar-refractivity contribution in [3.05, 3.63) is 47.8 Å². The second-order valence-electron chi connectivity index (χ2n) is 9.28. The van der Waals surface area contributed by atoms with E-state index < -0.39 is 17.2 Å². The first-order valence-corrected chi connectivity index (χ1v) is 10.0. The van der Waals surface area contributed by atoms with Crippen molar-refractivity contribution in [1.29, 1.82) is 0 Å². The van der Waals surface area contributed by atoms with Crippen molar-refractivity contribution >= 4 is 11.6 Å². The van der Waals surface area contributed by atoms with E-state index in [0.717, 1.165) is 37.7 Å². The Morgan fingerprint density at radius 3 is 2.45 bits per heavy atom. The summed E-state index contributed by atoms with van der Waals surface area (Å²) in [4.78, 5) is 19.4. The van der Waals surface area contributed by atoms with Crippen LogP contribution in [0, 0.1) is 17.6 Å². The molecular formula is C22H24F2N4O. The summed E-state index contributed by atoms with van der Waals surface area (Å²) < 4.78 is 27.8. The van der Waals surface area contributed by atoms with Gasteiger partial charge in [0.1, 0.15) is 11.6 Å². The molecule has 2 aromatic rings. The highest BCUT2D eigenvalue weighted by Gasteiger charge is 2.57. The molecule has 2 bridgehead atoms. The highest BCUT2D eigenvalue weighted by Crippen LogP contribution is 2.57. The van der Waals surface area contributed by atoms with Crippen LogP contribution >= 0.6 is 0 Å². The van der Waals surface area contributed by atoms with Gasteiger partial charge in [-0.05, 0) is 56.2 Å². The normalized spacial score (nSPS) is 29.9. The molecule has 0 unspecified atom stereocenters. The Balaban J connectivity index is 1.59. The van der Waals surface area contributed by atoms with Gasteiger partial charge in [-0.15, -0.1) is 0 Å². The SMILES string of the molecule is C[C@]1(N)CCN(c2c(C(=O)NC34CC(C3)C4)cncc2-c2cc(F)cc(F)c2)C1. The van der Waals surface area contributed by atoms with E-state index in [2.05, 4.69) is 10.3 Å². The van der Waals surface area contributed by atoms with Crippen LogP contribution in [0.15, 0.2) is 30.6 Å². The summed E-state index contributed by atoms with van der Waals surface area (Å²) in [5, 5.41) is 3.18. The van der Waals surface area contributed by atoms with Crippen molar-refractivity contribution in [3.8, 4) is 11.1 Å². The summed E-state index contributed by atoms with van der Waals surface area (Å²) in [5.41, 5.74) is 7.82. The van der Waals surface area contributed by atoms with Gasteiger partial charge >= 0.3 is 0 Å². The fourth-order valence-electron chi connectivity index (χ4n) is 5.00. The molecule has 1 saturated heterocycles. The molecule has 29 heavy (non-hydrogen) atoms. The summed E-state index contributed by atoms with van der Waals surface area (Å²) in [7, 11) is 0. The van der Waals surface area contributed by atoms with Crippen LogP contribution in [0.4, 0.5) is 14.5 Å². The van der Waals surface area contributed by atoms with Crippen LogP contribution in [0.1, 0.15) is 43.0 Å².